The van der Waals surface area contributed by atoms with Crippen LogP contribution in [0.3, 0.4) is 0 Å². The highest BCUT2D eigenvalue weighted by molar-refractivity contribution is 7.07. The fourth-order valence-corrected chi connectivity index (χ4v) is 5.15. The number of hydrogen-bond donors (Lipinski definition) is 4. The molecular weight excluding hydrogens is 558 g/mol. The molecule has 1 aliphatic rings. The maximum atomic E-state index is 13.5. The number of hydrogen-bond acceptors (Lipinski definition) is 9. The summed E-state index contributed by atoms with van der Waals surface area (Å²) in [5.74, 6) is -1.39. The van der Waals surface area contributed by atoms with E-state index in [1.165, 1.54) is 24.3 Å². The third-order valence-electron chi connectivity index (χ3n) is 6.76. The van der Waals surface area contributed by atoms with Gasteiger partial charge in [-0.25, -0.2) is 4.98 Å². The summed E-state index contributed by atoms with van der Waals surface area (Å²) in [6, 6.07) is 8.21. The Morgan fingerprint density at radius 1 is 1.02 bits per heavy atom. The number of nitrogens with zero attached hydrogens (tertiary/aromatic N) is 3. The molecule has 0 saturated heterocycles. The van der Waals surface area contributed by atoms with Crippen LogP contribution in [-0.4, -0.2) is 69.9 Å². The third kappa shape index (κ3) is 8.95. The lowest BCUT2D eigenvalue weighted by molar-refractivity contribution is -0.132. The Morgan fingerprint density at radius 3 is 2.50 bits per heavy atom. The second kappa shape index (κ2) is 14.7. The fourth-order valence-electron chi connectivity index (χ4n) is 4.60. The number of carbonyl (C=O) groups is 4. The zero-order chi connectivity index (χ0) is 30.1. The van der Waals surface area contributed by atoms with E-state index in [0.717, 1.165) is 11.3 Å². The van der Waals surface area contributed by atoms with Gasteiger partial charge in [-0.05, 0) is 24.8 Å². The van der Waals surface area contributed by atoms with Crippen molar-refractivity contribution in [3.05, 3.63) is 70.0 Å². The van der Waals surface area contributed by atoms with Crippen LogP contribution in [-0.2, 0) is 33.9 Å². The maximum absolute atomic E-state index is 13.5. The van der Waals surface area contributed by atoms with Gasteiger partial charge in [0.05, 0.1) is 17.7 Å². The van der Waals surface area contributed by atoms with Gasteiger partial charge in [-0.3, -0.25) is 24.1 Å². The van der Waals surface area contributed by atoms with Gasteiger partial charge in [-0.2, -0.15) is 0 Å². The van der Waals surface area contributed by atoms with Crippen molar-refractivity contribution in [1.29, 1.82) is 0 Å². The zero-order valence-electron chi connectivity index (χ0n) is 24.0. The first-order valence-corrected chi connectivity index (χ1v) is 14.9. The van der Waals surface area contributed by atoms with Crippen LogP contribution in [0, 0.1) is 5.92 Å². The molecule has 1 aliphatic heterocycles. The lowest BCUT2D eigenvalue weighted by Crippen LogP contribution is -2.57. The van der Waals surface area contributed by atoms with Gasteiger partial charge in [-0.1, -0.05) is 49.3 Å². The first-order chi connectivity index (χ1) is 20.2. The minimum Gasteiger partial charge on any atom is -0.359 e. The largest absolute Gasteiger partial charge is 0.359 e. The quantitative estimate of drug-likeness (QED) is 0.335. The standard InChI is InChI=1S/C29H37N7O5S/c1-18(2)11-23-28(39)34-24(12-20-7-5-4-6-8-20)27(38)30-9-10-36(14-21-16-42-17-31-21)15-22-13-25(35-41-22)29(40)32-19(3)26(37)33-23/h4-8,13,16-19,23-24H,9-12,14-15H2,1-3H3,(H,30,38)(H,32,40)(H,33,37)(H,34,39)/t19-,23-,24-/m1/s1. The molecule has 4 amide bonds. The number of rotatable bonds is 6. The van der Waals surface area contributed by atoms with Crippen molar-refractivity contribution < 1.29 is 23.7 Å². The van der Waals surface area contributed by atoms with Crippen molar-refractivity contribution in [2.45, 2.75) is 64.8 Å². The molecule has 3 heterocycles. The van der Waals surface area contributed by atoms with Gasteiger partial charge in [-0.15, -0.1) is 11.3 Å². The van der Waals surface area contributed by atoms with E-state index < -0.39 is 35.8 Å². The molecule has 12 nitrogen and oxygen atoms in total. The number of nitrogens with one attached hydrogen (secondary N) is 4. The summed E-state index contributed by atoms with van der Waals surface area (Å²) in [4.78, 5) is 59.2. The molecule has 0 spiro atoms. The molecule has 0 aliphatic carbocycles. The molecule has 2 bridgehead atoms. The smallest absolute Gasteiger partial charge is 0.274 e. The molecule has 4 rings (SSSR count). The number of fused-ring (bicyclic) bond motifs is 2. The summed E-state index contributed by atoms with van der Waals surface area (Å²) >= 11 is 1.48. The van der Waals surface area contributed by atoms with Crippen LogP contribution < -0.4 is 21.3 Å². The van der Waals surface area contributed by atoms with Crippen molar-refractivity contribution in [1.82, 2.24) is 36.3 Å². The molecule has 3 atom stereocenters. The second-order valence-electron chi connectivity index (χ2n) is 10.8. The SMILES string of the molecule is CC(C)C[C@H]1NC(=O)[C@@H](C)NC(=O)c2cc(on2)CN(Cc2cscn2)CCNC(=O)[C@@H](Cc2ccccc2)NC1=O. The van der Waals surface area contributed by atoms with E-state index in [4.69, 9.17) is 4.52 Å². The van der Waals surface area contributed by atoms with Crippen LogP contribution >= 0.6 is 11.3 Å². The zero-order valence-corrected chi connectivity index (χ0v) is 24.8. The van der Waals surface area contributed by atoms with Crippen LogP contribution in [0.4, 0.5) is 0 Å². The van der Waals surface area contributed by atoms with Gasteiger partial charge in [0, 0.05) is 37.5 Å². The molecule has 0 unspecified atom stereocenters. The van der Waals surface area contributed by atoms with Crippen LogP contribution in [0.15, 0.2) is 51.8 Å². The van der Waals surface area contributed by atoms with E-state index >= 15 is 0 Å². The Balaban J connectivity index is 1.60. The molecule has 224 valence electrons. The van der Waals surface area contributed by atoms with E-state index in [2.05, 4.69) is 31.4 Å². The van der Waals surface area contributed by atoms with E-state index in [1.54, 1.807) is 5.51 Å². The molecule has 0 fully saturated rings. The van der Waals surface area contributed by atoms with E-state index in [0.29, 0.717) is 31.8 Å². The van der Waals surface area contributed by atoms with Gasteiger partial charge >= 0.3 is 0 Å². The normalized spacial score (nSPS) is 21.6. The number of thiazole rings is 1. The Hall–Kier alpha value is -4.10. The molecule has 13 heteroatoms. The number of amides is 4. The Labute approximate surface area is 248 Å². The molecule has 0 saturated carbocycles. The molecule has 1 aromatic carbocycles. The first-order valence-electron chi connectivity index (χ1n) is 14.0. The third-order valence-corrected chi connectivity index (χ3v) is 7.40. The minimum atomic E-state index is -0.955. The lowest BCUT2D eigenvalue weighted by Gasteiger charge is -2.26. The van der Waals surface area contributed by atoms with Crippen molar-refractivity contribution in [2.24, 2.45) is 5.92 Å². The second-order valence-corrected chi connectivity index (χ2v) is 11.5. The predicted octanol–water partition coefficient (Wildman–Crippen LogP) is 1.64. The number of benzene rings is 1. The molecule has 3 aromatic rings. The van der Waals surface area contributed by atoms with Gasteiger partial charge in [0.25, 0.3) is 5.91 Å². The molecule has 4 N–H and O–H groups in total. The number of aromatic nitrogens is 2. The Kier molecular flexibility index (Phi) is 10.8. The topological polar surface area (TPSA) is 159 Å². The number of carbonyl (C=O) groups excluding carboxylic acids is 4. The summed E-state index contributed by atoms with van der Waals surface area (Å²) in [5.41, 5.74) is 3.52. The van der Waals surface area contributed by atoms with Gasteiger partial charge in [0.15, 0.2) is 11.5 Å². The molecule has 0 radical (unpaired) electrons. The van der Waals surface area contributed by atoms with E-state index in [1.807, 2.05) is 54.5 Å². The average Bonchev–Trinajstić information content (AvgIpc) is 3.64. The molecule has 2 aromatic heterocycles. The first kappa shape index (κ1) is 30.8. The highest BCUT2D eigenvalue weighted by atomic mass is 32.1. The van der Waals surface area contributed by atoms with Crippen LogP contribution in [0.2, 0.25) is 0 Å². The Morgan fingerprint density at radius 2 is 1.79 bits per heavy atom. The maximum Gasteiger partial charge on any atom is 0.274 e. The van der Waals surface area contributed by atoms with Crippen molar-refractivity contribution in [2.75, 3.05) is 13.1 Å². The van der Waals surface area contributed by atoms with Gasteiger partial charge in [0.1, 0.15) is 18.1 Å². The minimum absolute atomic E-state index is 0.0351. The molecular formula is C29H37N7O5S. The van der Waals surface area contributed by atoms with Crippen molar-refractivity contribution in [3.8, 4) is 0 Å². The van der Waals surface area contributed by atoms with E-state index in [-0.39, 0.29) is 30.5 Å². The Bertz CT molecular complexity index is 1350. The lowest BCUT2D eigenvalue weighted by atomic mass is 10.0. The summed E-state index contributed by atoms with van der Waals surface area (Å²) < 4.78 is 5.43. The summed E-state index contributed by atoms with van der Waals surface area (Å²) in [7, 11) is 0. The predicted molar refractivity (Wildman–Crippen MR) is 156 cm³/mol. The van der Waals surface area contributed by atoms with Crippen molar-refractivity contribution >= 4 is 35.0 Å². The highest BCUT2D eigenvalue weighted by Crippen LogP contribution is 2.13. The van der Waals surface area contributed by atoms with Crippen LogP contribution in [0.25, 0.3) is 0 Å². The van der Waals surface area contributed by atoms with Crippen molar-refractivity contribution in [3.63, 3.8) is 0 Å². The van der Waals surface area contributed by atoms with E-state index in [9.17, 15) is 19.2 Å². The summed E-state index contributed by atoms with van der Waals surface area (Å²) in [6.45, 7) is 6.92. The van der Waals surface area contributed by atoms with Crippen LogP contribution in [0.5, 0.6) is 0 Å². The highest BCUT2D eigenvalue weighted by Gasteiger charge is 2.30. The fraction of sp³-hybridized carbons (Fsp3) is 0.448. The summed E-state index contributed by atoms with van der Waals surface area (Å²) in [5, 5.41) is 17.0. The van der Waals surface area contributed by atoms with Gasteiger partial charge in [0.2, 0.25) is 17.7 Å². The monoisotopic (exact) mass is 595 g/mol. The summed E-state index contributed by atoms with van der Waals surface area (Å²) in [6.07, 6.45) is 0.618. The van der Waals surface area contributed by atoms with Crippen LogP contribution in [0.1, 0.15) is 54.7 Å². The molecule has 42 heavy (non-hydrogen) atoms. The van der Waals surface area contributed by atoms with Gasteiger partial charge < -0.3 is 25.8 Å². The average molecular weight is 596 g/mol.